The summed E-state index contributed by atoms with van der Waals surface area (Å²) < 4.78 is 0. The molecule has 2 heterocycles. The first-order chi connectivity index (χ1) is 11.1. The molecule has 4 heteroatoms. The predicted molar refractivity (Wildman–Crippen MR) is 89.5 cm³/mol. The highest BCUT2D eigenvalue weighted by atomic mass is 16.2. The molecule has 2 aliphatic rings. The summed E-state index contributed by atoms with van der Waals surface area (Å²) in [4.78, 5) is 30.0. The zero-order valence-corrected chi connectivity index (χ0v) is 13.5. The Morgan fingerprint density at radius 1 is 1.22 bits per heavy atom. The molecule has 1 amide bonds. The first kappa shape index (κ1) is 15.7. The second kappa shape index (κ2) is 6.90. The average molecular weight is 310 g/mol. The normalized spacial score (nSPS) is 18.6. The van der Waals surface area contributed by atoms with Gasteiger partial charge in [0.15, 0.2) is 0 Å². The van der Waals surface area contributed by atoms with Crippen LogP contribution in [0.1, 0.15) is 38.3 Å². The third kappa shape index (κ3) is 3.76. The van der Waals surface area contributed by atoms with Crippen LogP contribution < -0.4 is 0 Å². The van der Waals surface area contributed by atoms with Crippen molar-refractivity contribution in [3.63, 3.8) is 0 Å². The number of amides is 1. The van der Waals surface area contributed by atoms with Crippen molar-refractivity contribution in [1.29, 1.82) is 0 Å². The number of ketones is 1. The third-order valence-corrected chi connectivity index (χ3v) is 4.73. The number of rotatable bonds is 4. The topological polar surface area (TPSA) is 50.3 Å². The molecule has 1 aliphatic heterocycles. The van der Waals surface area contributed by atoms with Gasteiger partial charge in [-0.15, -0.1) is 0 Å². The number of carbonyl (C=O) groups is 2. The molecule has 23 heavy (non-hydrogen) atoms. The molecule has 1 aromatic rings. The zero-order chi connectivity index (χ0) is 16.2. The molecule has 0 aromatic carbocycles. The van der Waals surface area contributed by atoms with Gasteiger partial charge in [0.1, 0.15) is 5.78 Å². The average Bonchev–Trinajstić information content (AvgIpc) is 3.04. The highest BCUT2D eigenvalue weighted by Crippen LogP contribution is 2.30. The summed E-state index contributed by atoms with van der Waals surface area (Å²) in [5.74, 6) is 0.527. The minimum Gasteiger partial charge on any atom is -0.343 e. The molecule has 4 nitrogen and oxygen atoms in total. The Bertz CT molecular complexity index is 653. The van der Waals surface area contributed by atoms with Gasteiger partial charge in [-0.3, -0.25) is 14.6 Å². The monoisotopic (exact) mass is 310 g/mol. The van der Waals surface area contributed by atoms with Crippen LogP contribution in [-0.4, -0.2) is 34.7 Å². The van der Waals surface area contributed by atoms with Crippen LogP contribution in [-0.2, 0) is 9.59 Å². The first-order valence-electron chi connectivity index (χ1n) is 8.21. The quantitative estimate of drug-likeness (QED) is 0.859. The van der Waals surface area contributed by atoms with E-state index < -0.39 is 0 Å². The molecule has 1 fully saturated rings. The van der Waals surface area contributed by atoms with Gasteiger partial charge in [-0.1, -0.05) is 23.8 Å². The van der Waals surface area contributed by atoms with Crippen LogP contribution in [0, 0.1) is 5.92 Å². The molecule has 120 valence electrons. The summed E-state index contributed by atoms with van der Waals surface area (Å²) in [6, 6.07) is 5.89. The number of carbonyl (C=O) groups excluding carboxylic acids is 2. The van der Waals surface area contributed by atoms with Crippen LogP contribution in [0.2, 0.25) is 0 Å². The fourth-order valence-electron chi connectivity index (χ4n) is 3.32. The van der Waals surface area contributed by atoms with Gasteiger partial charge >= 0.3 is 0 Å². The maximum absolute atomic E-state index is 12.5. The maximum atomic E-state index is 12.5. The maximum Gasteiger partial charge on any atom is 0.219 e. The summed E-state index contributed by atoms with van der Waals surface area (Å²) >= 11 is 0. The Kier molecular flexibility index (Phi) is 4.70. The number of piperidine rings is 1. The van der Waals surface area contributed by atoms with Crippen LogP contribution in [0.25, 0.3) is 5.57 Å². The summed E-state index contributed by atoms with van der Waals surface area (Å²) in [6.07, 6.45) is 8.86. The van der Waals surface area contributed by atoms with Crippen LogP contribution in [0.15, 0.2) is 42.1 Å². The standard InChI is InChI=1S/C19H22N2O2/c1-14(22)21-10-7-16(8-11-21)19(23)13-15-5-6-17(12-15)18-4-2-3-9-20-18/h2-6,9,16H,7-8,10-13H2,1H3. The molecule has 0 N–H and O–H groups in total. The molecule has 0 atom stereocenters. The summed E-state index contributed by atoms with van der Waals surface area (Å²) in [5.41, 5.74) is 3.34. The fraction of sp³-hybridized carbons (Fsp3) is 0.421. The van der Waals surface area contributed by atoms with E-state index in [-0.39, 0.29) is 11.8 Å². The number of pyridine rings is 1. The van der Waals surface area contributed by atoms with Gasteiger partial charge in [-0.2, -0.15) is 0 Å². The van der Waals surface area contributed by atoms with Gasteiger partial charge in [-0.25, -0.2) is 0 Å². The van der Waals surface area contributed by atoms with Crippen LogP contribution in [0.4, 0.5) is 0 Å². The largest absolute Gasteiger partial charge is 0.343 e. The fourth-order valence-corrected chi connectivity index (χ4v) is 3.32. The Morgan fingerprint density at radius 3 is 2.65 bits per heavy atom. The summed E-state index contributed by atoms with van der Waals surface area (Å²) in [7, 11) is 0. The van der Waals surface area contributed by atoms with E-state index in [0.29, 0.717) is 25.3 Å². The molecule has 0 unspecified atom stereocenters. The molecule has 1 aromatic heterocycles. The molecular weight excluding hydrogens is 288 g/mol. The lowest BCUT2D eigenvalue weighted by molar-refractivity contribution is -0.133. The first-order valence-corrected chi connectivity index (χ1v) is 8.21. The molecule has 0 bridgehead atoms. The second-order valence-corrected chi connectivity index (χ2v) is 6.33. The molecule has 1 saturated heterocycles. The lowest BCUT2D eigenvalue weighted by Crippen LogP contribution is -2.39. The van der Waals surface area contributed by atoms with Crippen molar-refractivity contribution >= 4 is 17.3 Å². The predicted octanol–water partition coefficient (Wildman–Crippen LogP) is 3.01. The Balaban J connectivity index is 1.50. The Hall–Kier alpha value is -2.23. The van der Waals surface area contributed by atoms with Crippen molar-refractivity contribution in [2.24, 2.45) is 5.92 Å². The van der Waals surface area contributed by atoms with Crippen molar-refractivity contribution in [1.82, 2.24) is 9.88 Å². The molecule has 0 spiro atoms. The smallest absolute Gasteiger partial charge is 0.219 e. The van der Waals surface area contributed by atoms with E-state index in [4.69, 9.17) is 0 Å². The van der Waals surface area contributed by atoms with Crippen LogP contribution >= 0.6 is 0 Å². The van der Waals surface area contributed by atoms with E-state index >= 15 is 0 Å². The van der Waals surface area contributed by atoms with E-state index in [2.05, 4.69) is 17.1 Å². The molecule has 0 radical (unpaired) electrons. The van der Waals surface area contributed by atoms with Crippen LogP contribution in [0.3, 0.4) is 0 Å². The lowest BCUT2D eigenvalue weighted by Gasteiger charge is -2.30. The second-order valence-electron chi connectivity index (χ2n) is 6.33. The van der Waals surface area contributed by atoms with E-state index in [1.54, 1.807) is 13.1 Å². The van der Waals surface area contributed by atoms with Crippen molar-refractivity contribution in [2.75, 3.05) is 13.1 Å². The van der Waals surface area contributed by atoms with Gasteiger partial charge in [0.2, 0.25) is 5.91 Å². The van der Waals surface area contributed by atoms with E-state index in [9.17, 15) is 9.59 Å². The van der Waals surface area contributed by atoms with Gasteiger partial charge in [-0.05, 0) is 37.0 Å². The Labute approximate surface area is 136 Å². The highest BCUT2D eigenvalue weighted by Gasteiger charge is 2.26. The molecule has 3 rings (SSSR count). The highest BCUT2D eigenvalue weighted by molar-refractivity contribution is 5.85. The number of Topliss-reactive ketones (excluding diaryl/α,β-unsaturated/α-hetero) is 1. The number of allylic oxidation sites excluding steroid dienone is 4. The van der Waals surface area contributed by atoms with Gasteiger partial charge < -0.3 is 4.90 Å². The van der Waals surface area contributed by atoms with Gasteiger partial charge in [0.05, 0.1) is 5.69 Å². The number of aromatic nitrogens is 1. The SMILES string of the molecule is CC(=O)N1CCC(C(=O)CC2=CC=C(c3ccccn3)C2)CC1. The van der Waals surface area contributed by atoms with Crippen molar-refractivity contribution in [3.8, 4) is 0 Å². The van der Waals surface area contributed by atoms with Crippen molar-refractivity contribution in [3.05, 3.63) is 47.8 Å². The Morgan fingerprint density at radius 2 is 2.00 bits per heavy atom. The minimum atomic E-state index is 0.102. The zero-order valence-electron chi connectivity index (χ0n) is 13.5. The molecule has 0 saturated carbocycles. The van der Waals surface area contributed by atoms with E-state index in [1.165, 1.54) is 11.1 Å². The van der Waals surface area contributed by atoms with E-state index in [1.807, 2.05) is 23.1 Å². The third-order valence-electron chi connectivity index (χ3n) is 4.73. The number of hydrogen-bond donors (Lipinski definition) is 0. The van der Waals surface area contributed by atoms with Crippen molar-refractivity contribution in [2.45, 2.75) is 32.6 Å². The van der Waals surface area contributed by atoms with Gasteiger partial charge in [0.25, 0.3) is 0 Å². The number of hydrogen-bond acceptors (Lipinski definition) is 3. The van der Waals surface area contributed by atoms with E-state index in [0.717, 1.165) is 25.0 Å². The summed E-state index contributed by atoms with van der Waals surface area (Å²) in [6.45, 7) is 3.01. The molecule has 1 aliphatic carbocycles. The van der Waals surface area contributed by atoms with Gasteiger partial charge in [0, 0.05) is 38.5 Å². The number of likely N-dealkylation sites (tertiary alicyclic amines) is 1. The molecular formula is C19H22N2O2. The van der Waals surface area contributed by atoms with Crippen LogP contribution in [0.5, 0.6) is 0 Å². The minimum absolute atomic E-state index is 0.102. The van der Waals surface area contributed by atoms with Crippen molar-refractivity contribution < 1.29 is 9.59 Å². The lowest BCUT2D eigenvalue weighted by atomic mass is 9.88. The number of nitrogens with zero attached hydrogens (tertiary/aromatic N) is 2. The summed E-state index contributed by atoms with van der Waals surface area (Å²) in [5, 5.41) is 0.